The van der Waals surface area contributed by atoms with Gasteiger partial charge in [-0.1, -0.05) is 20.3 Å². The third-order valence-corrected chi connectivity index (χ3v) is 7.00. The van der Waals surface area contributed by atoms with Crippen LogP contribution in [0.2, 0.25) is 0 Å². The Labute approximate surface area is 124 Å². The van der Waals surface area contributed by atoms with Crippen LogP contribution in [-0.2, 0) is 10.0 Å². The maximum atomic E-state index is 11.9. The molecule has 4 nitrogen and oxygen atoms in total. The molecule has 1 aliphatic carbocycles. The quantitative estimate of drug-likeness (QED) is 0.866. The van der Waals surface area contributed by atoms with Gasteiger partial charge in [0.2, 0.25) is 10.0 Å². The molecule has 3 atom stereocenters. The highest BCUT2D eigenvalue weighted by molar-refractivity contribution is 7.89. The van der Waals surface area contributed by atoms with E-state index in [4.69, 9.17) is 0 Å². The van der Waals surface area contributed by atoms with Crippen molar-refractivity contribution >= 4 is 10.0 Å². The predicted molar refractivity (Wildman–Crippen MR) is 83.2 cm³/mol. The lowest BCUT2D eigenvalue weighted by Crippen LogP contribution is -2.50. The molecule has 5 heteroatoms. The van der Waals surface area contributed by atoms with E-state index in [1.165, 1.54) is 19.3 Å². The highest BCUT2D eigenvalue weighted by Gasteiger charge is 2.31. The number of hydrogen-bond acceptors (Lipinski definition) is 3. The minimum atomic E-state index is -2.99. The number of nitrogens with zero attached hydrogens (tertiary/aromatic N) is 1. The first-order valence-corrected chi connectivity index (χ1v) is 9.77. The average Bonchev–Trinajstić information content (AvgIpc) is 2.43. The Morgan fingerprint density at radius 3 is 2.35 bits per heavy atom. The van der Waals surface area contributed by atoms with Crippen LogP contribution in [0.1, 0.15) is 52.9 Å². The fourth-order valence-electron chi connectivity index (χ4n) is 3.55. The van der Waals surface area contributed by atoms with Crippen LogP contribution in [0.3, 0.4) is 0 Å². The highest BCUT2D eigenvalue weighted by Crippen LogP contribution is 2.29. The van der Waals surface area contributed by atoms with Gasteiger partial charge in [-0.05, 0) is 44.4 Å². The first kappa shape index (κ1) is 16.2. The lowest BCUT2D eigenvalue weighted by Gasteiger charge is -2.39. The van der Waals surface area contributed by atoms with Gasteiger partial charge in [-0.3, -0.25) is 0 Å². The van der Waals surface area contributed by atoms with Crippen LogP contribution in [0.4, 0.5) is 0 Å². The second kappa shape index (κ2) is 6.75. The van der Waals surface area contributed by atoms with Crippen LogP contribution in [0.5, 0.6) is 0 Å². The second-order valence-electron chi connectivity index (χ2n) is 6.74. The summed E-state index contributed by atoms with van der Waals surface area (Å²) in [7, 11) is -2.99. The molecule has 0 spiro atoms. The third-order valence-electron chi connectivity index (χ3n) is 5.12. The SMILES string of the molecule is CCS(=O)(=O)N1CCC(NC2CC(C)CCC2C)CC1. The summed E-state index contributed by atoms with van der Waals surface area (Å²) < 4.78 is 25.4. The van der Waals surface area contributed by atoms with E-state index in [2.05, 4.69) is 19.2 Å². The van der Waals surface area contributed by atoms with Crippen molar-refractivity contribution in [3.63, 3.8) is 0 Å². The van der Waals surface area contributed by atoms with Crippen molar-refractivity contribution in [2.45, 2.75) is 65.0 Å². The van der Waals surface area contributed by atoms with E-state index in [-0.39, 0.29) is 5.75 Å². The molecule has 3 unspecified atom stereocenters. The maximum absolute atomic E-state index is 11.9. The average molecular weight is 302 g/mol. The summed E-state index contributed by atoms with van der Waals surface area (Å²) in [5.41, 5.74) is 0. The summed E-state index contributed by atoms with van der Waals surface area (Å²) in [5.74, 6) is 1.80. The molecule has 0 aromatic carbocycles. The van der Waals surface area contributed by atoms with E-state index in [1.807, 2.05) is 0 Å². The van der Waals surface area contributed by atoms with Crippen LogP contribution in [0.25, 0.3) is 0 Å². The van der Waals surface area contributed by atoms with E-state index in [1.54, 1.807) is 11.2 Å². The first-order chi connectivity index (χ1) is 9.42. The minimum Gasteiger partial charge on any atom is -0.311 e. The molecule has 0 bridgehead atoms. The number of hydrogen-bond donors (Lipinski definition) is 1. The van der Waals surface area contributed by atoms with Crippen molar-refractivity contribution in [1.29, 1.82) is 0 Å². The summed E-state index contributed by atoms with van der Waals surface area (Å²) in [5, 5.41) is 3.81. The number of sulfonamides is 1. The monoisotopic (exact) mass is 302 g/mol. The normalized spacial score (nSPS) is 34.2. The smallest absolute Gasteiger partial charge is 0.213 e. The fraction of sp³-hybridized carbons (Fsp3) is 1.00. The van der Waals surface area contributed by atoms with Gasteiger partial charge in [-0.25, -0.2) is 12.7 Å². The van der Waals surface area contributed by atoms with Crippen LogP contribution >= 0.6 is 0 Å². The zero-order valence-corrected chi connectivity index (χ0v) is 14.0. The summed E-state index contributed by atoms with van der Waals surface area (Å²) in [6.45, 7) is 7.79. The lowest BCUT2D eigenvalue weighted by atomic mass is 9.79. The Morgan fingerprint density at radius 2 is 1.75 bits per heavy atom. The highest BCUT2D eigenvalue weighted by atomic mass is 32.2. The van der Waals surface area contributed by atoms with Gasteiger partial charge < -0.3 is 5.32 Å². The molecule has 0 amide bonds. The molecule has 118 valence electrons. The Morgan fingerprint density at radius 1 is 1.10 bits per heavy atom. The third kappa shape index (κ3) is 3.95. The first-order valence-electron chi connectivity index (χ1n) is 8.16. The largest absolute Gasteiger partial charge is 0.311 e. The summed E-state index contributed by atoms with van der Waals surface area (Å²) in [6.07, 6.45) is 5.86. The maximum Gasteiger partial charge on any atom is 0.213 e. The molecular weight excluding hydrogens is 272 g/mol. The van der Waals surface area contributed by atoms with Crippen molar-refractivity contribution in [2.24, 2.45) is 11.8 Å². The standard InChI is InChI=1S/C15H30N2O2S/c1-4-20(18,19)17-9-7-14(8-10-17)16-15-11-12(2)5-6-13(15)3/h12-16H,4-11H2,1-3H3. The molecule has 1 saturated heterocycles. The van der Waals surface area contributed by atoms with Crippen molar-refractivity contribution in [2.75, 3.05) is 18.8 Å². The van der Waals surface area contributed by atoms with Gasteiger partial charge in [0, 0.05) is 25.2 Å². The number of nitrogens with one attached hydrogen (secondary N) is 1. The van der Waals surface area contributed by atoms with E-state index < -0.39 is 10.0 Å². The Balaban J connectivity index is 1.82. The van der Waals surface area contributed by atoms with Gasteiger partial charge in [0.1, 0.15) is 0 Å². The summed E-state index contributed by atoms with van der Waals surface area (Å²) >= 11 is 0. The molecule has 1 aliphatic heterocycles. The zero-order valence-electron chi connectivity index (χ0n) is 13.1. The number of rotatable bonds is 4. The lowest BCUT2D eigenvalue weighted by molar-refractivity contribution is 0.188. The van der Waals surface area contributed by atoms with Gasteiger partial charge in [0.15, 0.2) is 0 Å². The molecule has 0 radical (unpaired) electrons. The molecule has 1 saturated carbocycles. The zero-order chi connectivity index (χ0) is 14.8. The summed E-state index contributed by atoms with van der Waals surface area (Å²) in [6, 6.07) is 1.12. The topological polar surface area (TPSA) is 49.4 Å². The molecule has 2 fully saturated rings. The van der Waals surface area contributed by atoms with Crippen molar-refractivity contribution in [3.8, 4) is 0 Å². The second-order valence-corrected chi connectivity index (χ2v) is 9.00. The van der Waals surface area contributed by atoms with Crippen LogP contribution in [-0.4, -0.2) is 43.6 Å². The Kier molecular flexibility index (Phi) is 5.49. The molecular formula is C15H30N2O2S. The van der Waals surface area contributed by atoms with Crippen molar-refractivity contribution in [1.82, 2.24) is 9.62 Å². The minimum absolute atomic E-state index is 0.224. The molecule has 20 heavy (non-hydrogen) atoms. The predicted octanol–water partition coefficient (Wildman–Crippen LogP) is 2.21. The van der Waals surface area contributed by atoms with Gasteiger partial charge in [-0.2, -0.15) is 0 Å². The van der Waals surface area contributed by atoms with Crippen LogP contribution in [0, 0.1) is 11.8 Å². The van der Waals surface area contributed by atoms with E-state index >= 15 is 0 Å². The van der Waals surface area contributed by atoms with E-state index in [9.17, 15) is 8.42 Å². The molecule has 1 N–H and O–H groups in total. The van der Waals surface area contributed by atoms with Gasteiger partial charge in [0.05, 0.1) is 5.75 Å². The Hall–Kier alpha value is -0.130. The fourth-order valence-corrected chi connectivity index (χ4v) is 4.68. The molecule has 1 heterocycles. The molecule has 2 rings (SSSR count). The van der Waals surface area contributed by atoms with E-state index in [0.717, 1.165) is 24.7 Å². The van der Waals surface area contributed by atoms with Crippen molar-refractivity contribution in [3.05, 3.63) is 0 Å². The summed E-state index contributed by atoms with van der Waals surface area (Å²) in [4.78, 5) is 0. The molecule has 0 aromatic heterocycles. The van der Waals surface area contributed by atoms with Crippen molar-refractivity contribution < 1.29 is 8.42 Å². The Bertz CT molecular complexity index is 402. The van der Waals surface area contributed by atoms with E-state index in [0.29, 0.717) is 25.2 Å². The van der Waals surface area contributed by atoms with Gasteiger partial charge >= 0.3 is 0 Å². The van der Waals surface area contributed by atoms with Gasteiger partial charge in [0.25, 0.3) is 0 Å². The molecule has 2 aliphatic rings. The van der Waals surface area contributed by atoms with Crippen LogP contribution < -0.4 is 5.32 Å². The van der Waals surface area contributed by atoms with Crippen LogP contribution in [0.15, 0.2) is 0 Å². The van der Waals surface area contributed by atoms with Gasteiger partial charge in [-0.15, -0.1) is 0 Å². The molecule has 0 aromatic rings. The number of piperidine rings is 1.